The van der Waals surface area contributed by atoms with E-state index in [2.05, 4.69) is 15.3 Å². The lowest BCUT2D eigenvalue weighted by molar-refractivity contribution is 0.482. The lowest BCUT2D eigenvalue weighted by Gasteiger charge is -2.16. The number of aromatic amines is 1. The molecule has 0 amide bonds. The minimum Gasteiger partial charge on any atom is -0.504 e. The zero-order valence-corrected chi connectivity index (χ0v) is 13.2. The largest absolute Gasteiger partial charge is 0.504 e. The van der Waals surface area contributed by atoms with Crippen LogP contribution in [-0.4, -0.2) is 22.8 Å². The van der Waals surface area contributed by atoms with Crippen molar-refractivity contribution >= 4 is 40.1 Å². The van der Waals surface area contributed by atoms with Crippen molar-refractivity contribution in [1.82, 2.24) is 4.98 Å². The highest BCUT2D eigenvalue weighted by Gasteiger charge is 2.18. The maximum Gasteiger partial charge on any atom is 0.165 e. The second-order valence-corrected chi connectivity index (χ2v) is 6.11. The van der Waals surface area contributed by atoms with Gasteiger partial charge >= 0.3 is 0 Å². The summed E-state index contributed by atoms with van der Waals surface area (Å²) in [6.45, 7) is 0.901. The molecule has 4 nitrogen and oxygen atoms in total. The number of halogens is 1. The summed E-state index contributed by atoms with van der Waals surface area (Å²) in [4.78, 5) is 7.61. The number of hydrogen-bond acceptors (Lipinski definition) is 3. The molecule has 0 spiro atoms. The van der Waals surface area contributed by atoms with E-state index in [-0.39, 0.29) is 5.75 Å². The van der Waals surface area contributed by atoms with Gasteiger partial charge in [0, 0.05) is 41.5 Å². The lowest BCUT2D eigenvalue weighted by Crippen LogP contribution is -2.09. The molecule has 0 bridgehead atoms. The number of nitrogens with zero attached hydrogens (tertiary/aromatic N) is 1. The maximum atomic E-state index is 10.5. The third kappa shape index (κ3) is 2.55. The highest BCUT2D eigenvalue weighted by atomic mass is 35.5. The number of hydrogen-bond donors (Lipinski definition) is 3. The van der Waals surface area contributed by atoms with Crippen molar-refractivity contribution in [3.63, 3.8) is 0 Å². The molecule has 0 aliphatic carbocycles. The molecule has 3 N–H and O–H groups in total. The van der Waals surface area contributed by atoms with Gasteiger partial charge in [-0.05, 0) is 35.7 Å². The van der Waals surface area contributed by atoms with Gasteiger partial charge in [-0.2, -0.15) is 0 Å². The van der Waals surface area contributed by atoms with Gasteiger partial charge < -0.3 is 15.4 Å². The summed E-state index contributed by atoms with van der Waals surface area (Å²) in [6.07, 6.45) is 5.43. The lowest BCUT2D eigenvalue weighted by atomic mass is 10.0. The van der Waals surface area contributed by atoms with Crippen molar-refractivity contribution in [1.29, 1.82) is 0 Å². The van der Waals surface area contributed by atoms with Crippen LogP contribution < -0.4 is 5.32 Å². The first-order chi connectivity index (χ1) is 11.2. The van der Waals surface area contributed by atoms with Gasteiger partial charge in [-0.15, -0.1) is 0 Å². The van der Waals surface area contributed by atoms with E-state index >= 15 is 0 Å². The number of nitrogens with one attached hydrogen (secondary N) is 2. The minimum atomic E-state index is 0.200. The molecule has 23 heavy (non-hydrogen) atoms. The van der Waals surface area contributed by atoms with Gasteiger partial charge in [-0.1, -0.05) is 23.7 Å². The summed E-state index contributed by atoms with van der Waals surface area (Å²) < 4.78 is 0. The van der Waals surface area contributed by atoms with Crippen molar-refractivity contribution < 1.29 is 5.11 Å². The van der Waals surface area contributed by atoms with Gasteiger partial charge in [-0.25, -0.2) is 0 Å². The summed E-state index contributed by atoms with van der Waals surface area (Å²) in [6, 6.07) is 9.58. The van der Waals surface area contributed by atoms with E-state index in [1.54, 1.807) is 0 Å². The molecular formula is C18H16ClN3O. The number of aromatic nitrogens is 1. The molecule has 2 heterocycles. The topological polar surface area (TPSA) is 60.4 Å². The van der Waals surface area contributed by atoms with Gasteiger partial charge in [0.1, 0.15) is 5.69 Å². The number of phenolic OH excluding ortho intramolecular Hbond substituents is 1. The Kier molecular flexibility index (Phi) is 3.46. The molecule has 1 aliphatic heterocycles. The van der Waals surface area contributed by atoms with Crippen LogP contribution in [0.5, 0.6) is 5.75 Å². The molecular weight excluding hydrogens is 310 g/mol. The van der Waals surface area contributed by atoms with Crippen molar-refractivity contribution in [3.05, 3.63) is 52.7 Å². The summed E-state index contributed by atoms with van der Waals surface area (Å²) in [5.41, 5.74) is 4.72. The molecule has 1 aromatic heterocycles. The molecule has 0 fully saturated rings. The van der Waals surface area contributed by atoms with Crippen molar-refractivity contribution in [2.24, 2.45) is 4.99 Å². The number of H-pyrrole nitrogens is 1. The van der Waals surface area contributed by atoms with E-state index in [0.717, 1.165) is 40.1 Å². The Morgan fingerprint density at radius 1 is 1.26 bits per heavy atom. The van der Waals surface area contributed by atoms with Crippen molar-refractivity contribution in [3.8, 4) is 5.75 Å². The average molecular weight is 326 g/mol. The Hall–Kier alpha value is -2.46. The molecule has 116 valence electrons. The summed E-state index contributed by atoms with van der Waals surface area (Å²) in [5, 5.41) is 15.6. The fourth-order valence-corrected chi connectivity index (χ4v) is 3.13. The second-order valence-electron chi connectivity index (χ2n) is 5.67. The standard InChI is InChI=1S/C18H16ClN3O/c19-13-3-1-11(2-4-13)5-7-21-15-9-14-16-12(6-8-20-14)10-22-17(16)18(15)23/h1-4,7,9-10,20,22-23H,5-6,8H2. The average Bonchev–Trinajstić information content (AvgIpc) is 3.00. The quantitative estimate of drug-likeness (QED) is 0.492. The van der Waals surface area contributed by atoms with Crippen LogP contribution in [0.2, 0.25) is 5.02 Å². The van der Waals surface area contributed by atoms with Crippen LogP contribution in [0.4, 0.5) is 11.4 Å². The van der Waals surface area contributed by atoms with Gasteiger partial charge in [0.2, 0.25) is 0 Å². The molecule has 0 atom stereocenters. The Balaban J connectivity index is 1.65. The van der Waals surface area contributed by atoms with Crippen molar-refractivity contribution in [2.45, 2.75) is 12.8 Å². The first kappa shape index (κ1) is 14.2. The SMILES string of the molecule is Oc1c(N=CCc2ccc(Cl)cc2)cc2c3c(c[nH]c13)CCN2. The fourth-order valence-electron chi connectivity index (χ4n) is 3.00. The van der Waals surface area contributed by atoms with E-state index in [1.807, 2.05) is 42.7 Å². The van der Waals surface area contributed by atoms with Gasteiger partial charge in [0.15, 0.2) is 5.75 Å². The molecule has 3 aromatic rings. The first-order valence-electron chi connectivity index (χ1n) is 7.59. The number of benzene rings is 2. The Morgan fingerprint density at radius 3 is 2.91 bits per heavy atom. The van der Waals surface area contributed by atoms with Gasteiger partial charge in [0.05, 0.1) is 5.52 Å². The molecule has 2 aromatic carbocycles. The van der Waals surface area contributed by atoms with E-state index in [1.165, 1.54) is 5.56 Å². The van der Waals surface area contributed by atoms with Crippen LogP contribution in [0.1, 0.15) is 11.1 Å². The van der Waals surface area contributed by atoms with E-state index in [4.69, 9.17) is 11.6 Å². The zero-order chi connectivity index (χ0) is 15.8. The molecule has 0 radical (unpaired) electrons. The number of rotatable bonds is 3. The normalized spacial score (nSPS) is 13.6. The second kappa shape index (κ2) is 5.63. The van der Waals surface area contributed by atoms with E-state index in [9.17, 15) is 5.11 Å². The Morgan fingerprint density at radius 2 is 2.09 bits per heavy atom. The van der Waals surface area contributed by atoms with Crippen LogP contribution in [-0.2, 0) is 12.8 Å². The van der Waals surface area contributed by atoms with Crippen LogP contribution in [0, 0.1) is 0 Å². The van der Waals surface area contributed by atoms with Crippen LogP contribution in [0.15, 0.2) is 41.5 Å². The third-order valence-corrected chi connectivity index (χ3v) is 4.42. The van der Waals surface area contributed by atoms with Crippen LogP contribution in [0.25, 0.3) is 10.9 Å². The fraction of sp³-hybridized carbons (Fsp3) is 0.167. The highest BCUT2D eigenvalue weighted by Crippen LogP contribution is 2.42. The monoisotopic (exact) mass is 325 g/mol. The Bertz CT molecular complexity index is 897. The van der Waals surface area contributed by atoms with E-state index in [0.29, 0.717) is 12.1 Å². The van der Waals surface area contributed by atoms with Crippen LogP contribution >= 0.6 is 11.6 Å². The first-order valence-corrected chi connectivity index (χ1v) is 7.97. The molecule has 0 unspecified atom stereocenters. The minimum absolute atomic E-state index is 0.200. The zero-order valence-electron chi connectivity index (χ0n) is 12.4. The molecule has 0 saturated heterocycles. The van der Waals surface area contributed by atoms with Gasteiger partial charge in [0.25, 0.3) is 0 Å². The van der Waals surface area contributed by atoms with E-state index < -0.39 is 0 Å². The third-order valence-electron chi connectivity index (χ3n) is 4.17. The van der Waals surface area contributed by atoms with Crippen LogP contribution in [0.3, 0.4) is 0 Å². The Labute approximate surface area is 138 Å². The van der Waals surface area contributed by atoms with Gasteiger partial charge in [-0.3, -0.25) is 4.99 Å². The smallest absolute Gasteiger partial charge is 0.165 e. The number of aliphatic imine (C=N–C) groups is 1. The molecule has 4 rings (SSSR count). The summed E-state index contributed by atoms with van der Waals surface area (Å²) in [7, 11) is 0. The number of aromatic hydroxyl groups is 1. The predicted molar refractivity (Wildman–Crippen MR) is 95.5 cm³/mol. The number of phenols is 1. The summed E-state index contributed by atoms with van der Waals surface area (Å²) >= 11 is 5.88. The number of anilines is 1. The highest BCUT2D eigenvalue weighted by molar-refractivity contribution is 6.30. The predicted octanol–water partition coefficient (Wildman–Crippen LogP) is 4.44. The van der Waals surface area contributed by atoms with Crippen molar-refractivity contribution in [2.75, 3.05) is 11.9 Å². The summed E-state index contributed by atoms with van der Waals surface area (Å²) in [5.74, 6) is 0.200. The maximum absolute atomic E-state index is 10.5. The molecule has 5 heteroatoms. The molecule has 0 saturated carbocycles. The molecule has 1 aliphatic rings.